The molecular weight excluding hydrogens is 262 g/mol. The average Bonchev–Trinajstić information content (AvgIpc) is 2.36. The summed E-state index contributed by atoms with van der Waals surface area (Å²) in [6.45, 7) is 6.81. The molecular formula is C15H22ClNO2. The molecule has 0 radical (unpaired) electrons. The van der Waals surface area contributed by atoms with Crippen molar-refractivity contribution in [3.05, 3.63) is 34.3 Å². The summed E-state index contributed by atoms with van der Waals surface area (Å²) in [5.74, 6) is -0.0999. The number of nitrogens with one attached hydrogen (secondary N) is 1. The lowest BCUT2D eigenvalue weighted by Crippen LogP contribution is -2.34. The van der Waals surface area contributed by atoms with E-state index in [2.05, 4.69) is 19.2 Å². The highest BCUT2D eigenvalue weighted by molar-refractivity contribution is 6.31. The Kier molecular flexibility index (Phi) is 5.83. The van der Waals surface area contributed by atoms with E-state index in [0.717, 1.165) is 18.4 Å². The van der Waals surface area contributed by atoms with E-state index in [0.29, 0.717) is 17.1 Å². The maximum atomic E-state index is 12.1. The van der Waals surface area contributed by atoms with Crippen LogP contribution >= 0.6 is 11.6 Å². The largest absolute Gasteiger partial charge is 0.396 e. The first kappa shape index (κ1) is 16.0. The number of hydrogen-bond acceptors (Lipinski definition) is 2. The third-order valence-electron chi connectivity index (χ3n) is 3.18. The minimum atomic E-state index is -0.0999. The van der Waals surface area contributed by atoms with E-state index in [9.17, 15) is 4.79 Å². The third-order valence-corrected chi connectivity index (χ3v) is 3.42. The number of carbonyl (C=O) groups is 1. The highest BCUT2D eigenvalue weighted by atomic mass is 35.5. The molecule has 1 rings (SSSR count). The maximum Gasteiger partial charge on any atom is 0.251 e. The Hall–Kier alpha value is -1.06. The summed E-state index contributed by atoms with van der Waals surface area (Å²) in [5, 5.41) is 12.4. The number of hydrogen-bond donors (Lipinski definition) is 2. The summed E-state index contributed by atoms with van der Waals surface area (Å²) in [5.41, 5.74) is 1.51. The Bertz CT molecular complexity index is 444. The molecule has 0 aliphatic heterocycles. The highest BCUT2D eigenvalue weighted by Crippen LogP contribution is 2.21. The van der Waals surface area contributed by atoms with Crippen LogP contribution in [0.25, 0.3) is 0 Å². The van der Waals surface area contributed by atoms with Crippen LogP contribution in [-0.2, 0) is 0 Å². The monoisotopic (exact) mass is 283 g/mol. The van der Waals surface area contributed by atoms with Crippen molar-refractivity contribution in [1.29, 1.82) is 0 Å². The summed E-state index contributed by atoms with van der Waals surface area (Å²) in [6.07, 6.45) is 1.62. The van der Waals surface area contributed by atoms with Gasteiger partial charge in [0.25, 0.3) is 5.91 Å². The molecule has 1 amide bonds. The van der Waals surface area contributed by atoms with Crippen LogP contribution in [0.15, 0.2) is 18.2 Å². The minimum absolute atomic E-state index is 0.0229. The van der Waals surface area contributed by atoms with Gasteiger partial charge in [0.1, 0.15) is 0 Å². The van der Waals surface area contributed by atoms with Crippen molar-refractivity contribution in [1.82, 2.24) is 5.32 Å². The standard InChI is InChI=1S/C15H22ClNO2/c1-11-5-6-12(16)9-13(11)14(19)17-10-15(2,3)7-4-8-18/h5-6,9,18H,4,7-8,10H2,1-3H3,(H,17,19). The van der Waals surface area contributed by atoms with E-state index in [4.69, 9.17) is 16.7 Å². The summed E-state index contributed by atoms with van der Waals surface area (Å²) >= 11 is 5.91. The van der Waals surface area contributed by atoms with Crippen molar-refractivity contribution in [2.24, 2.45) is 5.41 Å². The lowest BCUT2D eigenvalue weighted by Gasteiger charge is -2.24. The second kappa shape index (κ2) is 6.92. The lowest BCUT2D eigenvalue weighted by molar-refractivity contribution is 0.0932. The quantitative estimate of drug-likeness (QED) is 0.842. The first-order chi connectivity index (χ1) is 8.85. The first-order valence-corrected chi connectivity index (χ1v) is 6.89. The molecule has 0 aliphatic rings. The van der Waals surface area contributed by atoms with Crippen LogP contribution in [0, 0.1) is 12.3 Å². The SMILES string of the molecule is Cc1ccc(Cl)cc1C(=O)NCC(C)(C)CCCO. The van der Waals surface area contributed by atoms with Gasteiger partial charge in [-0.1, -0.05) is 31.5 Å². The van der Waals surface area contributed by atoms with Gasteiger partial charge in [-0.15, -0.1) is 0 Å². The molecule has 1 aromatic rings. The minimum Gasteiger partial charge on any atom is -0.396 e. The van der Waals surface area contributed by atoms with Gasteiger partial charge in [0, 0.05) is 23.7 Å². The molecule has 0 fully saturated rings. The van der Waals surface area contributed by atoms with Crippen LogP contribution < -0.4 is 5.32 Å². The number of halogens is 1. The molecule has 0 heterocycles. The average molecular weight is 284 g/mol. The van der Waals surface area contributed by atoms with Crippen molar-refractivity contribution in [3.8, 4) is 0 Å². The van der Waals surface area contributed by atoms with E-state index >= 15 is 0 Å². The first-order valence-electron chi connectivity index (χ1n) is 6.51. The van der Waals surface area contributed by atoms with Crippen LogP contribution in [0.3, 0.4) is 0 Å². The van der Waals surface area contributed by atoms with E-state index in [1.165, 1.54) is 0 Å². The molecule has 1 aromatic carbocycles. The fourth-order valence-electron chi connectivity index (χ4n) is 1.90. The Balaban J connectivity index is 2.62. The zero-order valence-electron chi connectivity index (χ0n) is 11.8. The molecule has 19 heavy (non-hydrogen) atoms. The number of aryl methyl sites for hydroxylation is 1. The number of carbonyl (C=O) groups excluding carboxylic acids is 1. The van der Waals surface area contributed by atoms with E-state index in [1.807, 2.05) is 13.0 Å². The van der Waals surface area contributed by atoms with Crippen molar-refractivity contribution in [3.63, 3.8) is 0 Å². The van der Waals surface area contributed by atoms with Crippen molar-refractivity contribution >= 4 is 17.5 Å². The van der Waals surface area contributed by atoms with Crippen LogP contribution in [0.1, 0.15) is 42.6 Å². The molecule has 0 aliphatic carbocycles. The molecule has 0 bridgehead atoms. The van der Waals surface area contributed by atoms with E-state index in [1.54, 1.807) is 12.1 Å². The second-order valence-corrected chi connectivity index (χ2v) is 6.07. The van der Waals surface area contributed by atoms with Gasteiger partial charge in [0.05, 0.1) is 0 Å². The third kappa shape index (κ3) is 5.21. The molecule has 106 valence electrons. The normalized spacial score (nSPS) is 11.4. The molecule has 0 spiro atoms. The summed E-state index contributed by atoms with van der Waals surface area (Å²) in [7, 11) is 0. The molecule has 0 saturated carbocycles. The zero-order chi connectivity index (χ0) is 14.5. The zero-order valence-corrected chi connectivity index (χ0v) is 12.5. The Morgan fingerprint density at radius 2 is 2.11 bits per heavy atom. The number of aliphatic hydroxyl groups excluding tert-OH is 1. The van der Waals surface area contributed by atoms with Gasteiger partial charge in [-0.2, -0.15) is 0 Å². The second-order valence-electron chi connectivity index (χ2n) is 5.63. The molecule has 0 unspecified atom stereocenters. The van der Waals surface area contributed by atoms with Gasteiger partial charge in [-0.05, 0) is 42.9 Å². The summed E-state index contributed by atoms with van der Waals surface area (Å²) in [6, 6.07) is 5.31. The summed E-state index contributed by atoms with van der Waals surface area (Å²) in [4.78, 5) is 12.1. The fourth-order valence-corrected chi connectivity index (χ4v) is 2.07. The predicted molar refractivity (Wildman–Crippen MR) is 78.6 cm³/mol. The van der Waals surface area contributed by atoms with E-state index in [-0.39, 0.29) is 17.9 Å². The molecule has 0 atom stereocenters. The smallest absolute Gasteiger partial charge is 0.251 e. The number of amides is 1. The number of rotatable bonds is 6. The maximum absolute atomic E-state index is 12.1. The van der Waals surface area contributed by atoms with Gasteiger partial charge < -0.3 is 10.4 Å². The van der Waals surface area contributed by atoms with Crippen LogP contribution in [0.2, 0.25) is 5.02 Å². The van der Waals surface area contributed by atoms with Gasteiger partial charge in [-0.3, -0.25) is 4.79 Å². The lowest BCUT2D eigenvalue weighted by atomic mass is 9.88. The molecule has 4 heteroatoms. The Morgan fingerprint density at radius 3 is 2.74 bits per heavy atom. The van der Waals surface area contributed by atoms with Gasteiger partial charge in [0.15, 0.2) is 0 Å². The van der Waals surface area contributed by atoms with Gasteiger partial charge in [-0.25, -0.2) is 0 Å². The number of aliphatic hydroxyl groups is 1. The molecule has 0 saturated heterocycles. The van der Waals surface area contributed by atoms with Crippen LogP contribution in [0.5, 0.6) is 0 Å². The summed E-state index contributed by atoms with van der Waals surface area (Å²) < 4.78 is 0. The fraction of sp³-hybridized carbons (Fsp3) is 0.533. The van der Waals surface area contributed by atoms with Crippen LogP contribution in [-0.4, -0.2) is 24.2 Å². The van der Waals surface area contributed by atoms with E-state index < -0.39 is 0 Å². The molecule has 2 N–H and O–H groups in total. The Labute approximate surface area is 120 Å². The molecule has 0 aromatic heterocycles. The topological polar surface area (TPSA) is 49.3 Å². The van der Waals surface area contributed by atoms with Crippen molar-refractivity contribution < 1.29 is 9.90 Å². The highest BCUT2D eigenvalue weighted by Gasteiger charge is 2.19. The number of benzene rings is 1. The predicted octanol–water partition coefficient (Wildman–Crippen LogP) is 3.18. The van der Waals surface area contributed by atoms with Gasteiger partial charge >= 0.3 is 0 Å². The Morgan fingerprint density at radius 1 is 1.42 bits per heavy atom. The molecule has 3 nitrogen and oxygen atoms in total. The van der Waals surface area contributed by atoms with Crippen molar-refractivity contribution in [2.75, 3.05) is 13.2 Å². The van der Waals surface area contributed by atoms with Gasteiger partial charge in [0.2, 0.25) is 0 Å². The van der Waals surface area contributed by atoms with Crippen LogP contribution in [0.4, 0.5) is 0 Å². The van der Waals surface area contributed by atoms with Crippen molar-refractivity contribution in [2.45, 2.75) is 33.6 Å².